The lowest BCUT2D eigenvalue weighted by Gasteiger charge is -2.12. The van der Waals surface area contributed by atoms with Crippen LogP contribution < -0.4 is 0 Å². The number of benzene rings is 1. The van der Waals surface area contributed by atoms with Crippen LogP contribution in [0.2, 0.25) is 10.0 Å². The maximum absolute atomic E-state index is 10.2. The molecule has 0 aliphatic heterocycles. The second kappa shape index (κ2) is 5.97. The number of hydrogen-bond acceptors (Lipinski definition) is 4. The Kier molecular flexibility index (Phi) is 4.56. The molecule has 6 heteroatoms. The lowest BCUT2D eigenvalue weighted by molar-refractivity contribution is 0.181. The van der Waals surface area contributed by atoms with Crippen LogP contribution in [-0.4, -0.2) is 14.7 Å². The first-order valence-electron chi connectivity index (χ1n) is 5.55. The fraction of sp³-hybridized carbons (Fsp3) is 0.333. The standard InChI is InChI=1S/C12H12Cl2N2OS/c1-2-10-12(18-16-15-10)11(17)6-7-8(13)4-3-5-9(7)14/h3-5,11,17H,2,6H2,1H3. The number of aliphatic hydroxyl groups excluding tert-OH is 1. The number of hydrogen-bond donors (Lipinski definition) is 1. The quantitative estimate of drug-likeness (QED) is 0.937. The predicted molar refractivity (Wildman–Crippen MR) is 74.4 cm³/mol. The minimum atomic E-state index is -0.669. The summed E-state index contributed by atoms with van der Waals surface area (Å²) in [5, 5.41) is 15.4. The molecule has 1 unspecified atom stereocenters. The second-order valence-corrected chi connectivity index (χ2v) is 5.46. The molecule has 1 aromatic heterocycles. The minimum absolute atomic E-state index is 0.370. The zero-order valence-corrected chi connectivity index (χ0v) is 12.1. The zero-order chi connectivity index (χ0) is 13.1. The summed E-state index contributed by atoms with van der Waals surface area (Å²) in [6, 6.07) is 5.31. The lowest BCUT2D eigenvalue weighted by atomic mass is 10.1. The van der Waals surface area contributed by atoms with Gasteiger partial charge in [-0.3, -0.25) is 0 Å². The summed E-state index contributed by atoms with van der Waals surface area (Å²) in [6.07, 6.45) is 0.450. The van der Waals surface area contributed by atoms with E-state index in [9.17, 15) is 5.11 Å². The zero-order valence-electron chi connectivity index (χ0n) is 9.73. The fourth-order valence-electron chi connectivity index (χ4n) is 1.73. The Morgan fingerprint density at radius 3 is 2.61 bits per heavy atom. The maximum Gasteiger partial charge on any atom is 0.0958 e. The Hall–Kier alpha value is -0.680. The van der Waals surface area contributed by atoms with Gasteiger partial charge in [0.2, 0.25) is 0 Å². The summed E-state index contributed by atoms with van der Waals surface area (Å²) < 4.78 is 3.87. The molecule has 0 fully saturated rings. The van der Waals surface area contributed by atoms with Crippen LogP contribution in [0.1, 0.15) is 29.2 Å². The molecule has 0 saturated heterocycles. The van der Waals surface area contributed by atoms with Crippen molar-refractivity contribution in [2.45, 2.75) is 25.9 Å². The topological polar surface area (TPSA) is 46.0 Å². The average Bonchev–Trinajstić information content (AvgIpc) is 2.82. The molecule has 3 nitrogen and oxygen atoms in total. The third-order valence-electron chi connectivity index (χ3n) is 2.68. The monoisotopic (exact) mass is 302 g/mol. The summed E-state index contributed by atoms with van der Waals surface area (Å²) in [7, 11) is 0. The SMILES string of the molecule is CCc1nnsc1C(O)Cc1c(Cl)cccc1Cl. The predicted octanol–water partition coefficient (Wildman–Crippen LogP) is 3.68. The Balaban J connectivity index is 2.24. The van der Waals surface area contributed by atoms with Crippen molar-refractivity contribution in [3.8, 4) is 0 Å². The van der Waals surface area contributed by atoms with Crippen molar-refractivity contribution in [3.63, 3.8) is 0 Å². The van der Waals surface area contributed by atoms with E-state index >= 15 is 0 Å². The summed E-state index contributed by atoms with van der Waals surface area (Å²) in [4.78, 5) is 0.786. The first kappa shape index (κ1) is 13.7. The minimum Gasteiger partial charge on any atom is -0.387 e. The number of rotatable bonds is 4. The molecule has 1 heterocycles. The van der Waals surface area contributed by atoms with E-state index in [1.54, 1.807) is 18.2 Å². The van der Waals surface area contributed by atoms with Gasteiger partial charge in [-0.15, -0.1) is 5.10 Å². The molecule has 1 N–H and O–H groups in total. The van der Waals surface area contributed by atoms with E-state index in [0.717, 1.165) is 22.6 Å². The van der Waals surface area contributed by atoms with E-state index in [-0.39, 0.29) is 0 Å². The van der Waals surface area contributed by atoms with Gasteiger partial charge in [0.05, 0.1) is 16.7 Å². The molecule has 2 rings (SSSR count). The Morgan fingerprint density at radius 1 is 1.33 bits per heavy atom. The summed E-state index contributed by atoms with van der Waals surface area (Å²) >= 11 is 13.4. The van der Waals surface area contributed by atoms with Crippen LogP contribution in [0.4, 0.5) is 0 Å². The van der Waals surface area contributed by atoms with Gasteiger partial charge in [0.1, 0.15) is 0 Å². The highest BCUT2D eigenvalue weighted by Gasteiger charge is 2.18. The Labute approximate surface area is 120 Å². The molecule has 0 aliphatic rings. The largest absolute Gasteiger partial charge is 0.387 e. The Morgan fingerprint density at radius 2 is 2.00 bits per heavy atom. The van der Waals surface area contributed by atoms with Crippen LogP contribution >= 0.6 is 34.7 Å². The van der Waals surface area contributed by atoms with Crippen molar-refractivity contribution in [1.29, 1.82) is 0 Å². The normalized spacial score (nSPS) is 12.7. The van der Waals surface area contributed by atoms with Crippen molar-refractivity contribution in [2.75, 3.05) is 0 Å². The van der Waals surface area contributed by atoms with Crippen molar-refractivity contribution in [2.24, 2.45) is 0 Å². The van der Waals surface area contributed by atoms with Gasteiger partial charge in [0, 0.05) is 16.5 Å². The maximum atomic E-state index is 10.2. The van der Waals surface area contributed by atoms with Crippen LogP contribution in [-0.2, 0) is 12.8 Å². The highest BCUT2D eigenvalue weighted by Crippen LogP contribution is 2.31. The second-order valence-electron chi connectivity index (χ2n) is 3.86. The van der Waals surface area contributed by atoms with E-state index in [1.807, 2.05) is 6.92 Å². The van der Waals surface area contributed by atoms with Gasteiger partial charge in [-0.25, -0.2) is 0 Å². The van der Waals surface area contributed by atoms with E-state index < -0.39 is 6.10 Å². The molecule has 96 valence electrons. The molecule has 0 spiro atoms. The van der Waals surface area contributed by atoms with Gasteiger partial charge in [0.25, 0.3) is 0 Å². The lowest BCUT2D eigenvalue weighted by Crippen LogP contribution is -2.04. The van der Waals surface area contributed by atoms with E-state index in [4.69, 9.17) is 23.2 Å². The van der Waals surface area contributed by atoms with E-state index in [1.165, 1.54) is 11.5 Å². The molecule has 0 bridgehead atoms. The number of nitrogens with zero attached hydrogens (tertiary/aromatic N) is 2. The number of aryl methyl sites for hydroxylation is 1. The van der Waals surface area contributed by atoms with Crippen molar-refractivity contribution in [3.05, 3.63) is 44.4 Å². The van der Waals surface area contributed by atoms with E-state index in [2.05, 4.69) is 9.59 Å². The fourth-order valence-corrected chi connectivity index (χ4v) is 3.00. The Bertz CT molecular complexity index is 524. The summed E-state index contributed by atoms with van der Waals surface area (Å²) in [5.41, 5.74) is 1.58. The first-order valence-corrected chi connectivity index (χ1v) is 7.08. The van der Waals surface area contributed by atoms with Gasteiger partial charge in [-0.1, -0.05) is 40.7 Å². The van der Waals surface area contributed by atoms with Gasteiger partial charge < -0.3 is 5.11 Å². The van der Waals surface area contributed by atoms with Crippen LogP contribution in [0.15, 0.2) is 18.2 Å². The number of aliphatic hydroxyl groups is 1. The van der Waals surface area contributed by atoms with Gasteiger partial charge in [0.15, 0.2) is 0 Å². The van der Waals surface area contributed by atoms with Crippen molar-refractivity contribution >= 4 is 34.7 Å². The van der Waals surface area contributed by atoms with Crippen molar-refractivity contribution < 1.29 is 5.11 Å². The molecule has 0 amide bonds. The van der Waals surface area contributed by atoms with E-state index in [0.29, 0.717) is 16.5 Å². The highest BCUT2D eigenvalue weighted by molar-refractivity contribution is 7.05. The average molecular weight is 303 g/mol. The van der Waals surface area contributed by atoms with Crippen LogP contribution in [0.25, 0.3) is 0 Å². The number of halogens is 2. The first-order chi connectivity index (χ1) is 8.63. The molecule has 1 aromatic carbocycles. The van der Waals surface area contributed by atoms with Crippen LogP contribution in [0, 0.1) is 0 Å². The third kappa shape index (κ3) is 2.83. The molecular weight excluding hydrogens is 291 g/mol. The molecule has 0 saturated carbocycles. The van der Waals surface area contributed by atoms with Gasteiger partial charge in [-0.2, -0.15) is 0 Å². The molecule has 1 atom stereocenters. The molecule has 2 aromatic rings. The third-order valence-corrected chi connectivity index (χ3v) is 4.26. The molecular formula is C12H12Cl2N2OS. The molecule has 0 radical (unpaired) electrons. The summed E-state index contributed by atoms with van der Waals surface area (Å²) in [5.74, 6) is 0. The highest BCUT2D eigenvalue weighted by atomic mass is 35.5. The van der Waals surface area contributed by atoms with Crippen LogP contribution in [0.5, 0.6) is 0 Å². The molecule has 18 heavy (non-hydrogen) atoms. The van der Waals surface area contributed by atoms with Gasteiger partial charge in [-0.05, 0) is 35.6 Å². The van der Waals surface area contributed by atoms with Gasteiger partial charge >= 0.3 is 0 Å². The summed E-state index contributed by atoms with van der Waals surface area (Å²) in [6.45, 7) is 1.98. The van der Waals surface area contributed by atoms with Crippen LogP contribution in [0.3, 0.4) is 0 Å². The number of aromatic nitrogens is 2. The smallest absolute Gasteiger partial charge is 0.0958 e. The molecule has 0 aliphatic carbocycles. The van der Waals surface area contributed by atoms with Crippen molar-refractivity contribution in [1.82, 2.24) is 9.59 Å².